The van der Waals surface area contributed by atoms with E-state index in [4.69, 9.17) is 5.73 Å². The molecule has 4 N–H and O–H groups in total. The number of dihydropyridines is 1. The Labute approximate surface area is 64.4 Å². The number of primary amides is 1. The maximum absolute atomic E-state index is 10.6. The maximum atomic E-state index is 10.6. The minimum absolute atomic E-state index is 0.220. The van der Waals surface area contributed by atoms with Crippen molar-refractivity contribution in [3.63, 3.8) is 0 Å². The smallest absolute Gasteiger partial charge is 0.264 e. The van der Waals surface area contributed by atoms with Gasteiger partial charge in [0, 0.05) is 6.20 Å². The van der Waals surface area contributed by atoms with Crippen molar-refractivity contribution < 1.29 is 9.90 Å². The van der Waals surface area contributed by atoms with Crippen LogP contribution in [0.3, 0.4) is 0 Å². The summed E-state index contributed by atoms with van der Waals surface area (Å²) in [5.41, 5.74) is 4.12. The summed E-state index contributed by atoms with van der Waals surface area (Å²) in [6.07, 6.45) is 4.38. The van der Waals surface area contributed by atoms with E-state index in [0.717, 1.165) is 0 Å². The van der Waals surface area contributed by atoms with Gasteiger partial charge in [-0.1, -0.05) is 0 Å². The van der Waals surface area contributed by atoms with E-state index >= 15 is 0 Å². The number of amides is 1. The topological polar surface area (TPSA) is 75.3 Å². The first-order chi connectivity index (χ1) is 5.01. The highest BCUT2D eigenvalue weighted by molar-refractivity contribution is 5.92. The minimum atomic E-state index is -1.07. The minimum Gasteiger partial charge on any atom is -0.382 e. The first kappa shape index (κ1) is 7.81. The average molecular weight is 154 g/mol. The van der Waals surface area contributed by atoms with Crippen molar-refractivity contribution >= 4 is 5.91 Å². The summed E-state index contributed by atoms with van der Waals surface area (Å²) in [4.78, 5) is 10.6. The first-order valence-corrected chi connectivity index (χ1v) is 3.20. The van der Waals surface area contributed by atoms with Gasteiger partial charge >= 0.3 is 0 Å². The molecule has 0 aromatic heterocycles. The summed E-state index contributed by atoms with van der Waals surface area (Å²) < 4.78 is 0. The number of hydrogen-bond acceptors (Lipinski definition) is 3. The van der Waals surface area contributed by atoms with Crippen LogP contribution in [0.1, 0.15) is 6.92 Å². The van der Waals surface area contributed by atoms with Crippen LogP contribution in [-0.2, 0) is 4.79 Å². The van der Waals surface area contributed by atoms with Gasteiger partial charge in [0.2, 0.25) is 0 Å². The highest BCUT2D eigenvalue weighted by atomic mass is 16.3. The van der Waals surface area contributed by atoms with Gasteiger partial charge in [0.15, 0.2) is 0 Å². The third-order valence-corrected chi connectivity index (χ3v) is 1.36. The molecule has 0 fully saturated rings. The van der Waals surface area contributed by atoms with Crippen LogP contribution < -0.4 is 11.1 Å². The molecular weight excluding hydrogens is 144 g/mol. The first-order valence-electron chi connectivity index (χ1n) is 3.20. The summed E-state index contributed by atoms with van der Waals surface area (Å²) in [5.74, 6) is -0.574. The van der Waals surface area contributed by atoms with Crippen LogP contribution in [0, 0.1) is 0 Å². The zero-order valence-corrected chi connectivity index (χ0v) is 6.16. The van der Waals surface area contributed by atoms with Crippen molar-refractivity contribution in [1.82, 2.24) is 5.32 Å². The van der Waals surface area contributed by atoms with Crippen molar-refractivity contribution in [2.75, 3.05) is 0 Å². The molecule has 1 atom stereocenters. The quantitative estimate of drug-likeness (QED) is 0.464. The van der Waals surface area contributed by atoms with Gasteiger partial charge in [-0.2, -0.15) is 0 Å². The Hall–Kier alpha value is -1.29. The fourth-order valence-electron chi connectivity index (χ4n) is 0.824. The van der Waals surface area contributed by atoms with Crippen LogP contribution in [-0.4, -0.2) is 16.6 Å². The fourth-order valence-corrected chi connectivity index (χ4v) is 0.824. The predicted molar refractivity (Wildman–Crippen MR) is 40.2 cm³/mol. The summed E-state index contributed by atoms with van der Waals surface area (Å²) in [7, 11) is 0. The predicted octanol–water partition coefficient (Wildman–Crippen LogP) is -0.776. The number of nitrogens with two attached hydrogens (primary N) is 1. The van der Waals surface area contributed by atoms with Gasteiger partial charge in [-0.25, -0.2) is 0 Å². The molecule has 1 unspecified atom stereocenters. The monoisotopic (exact) mass is 154 g/mol. The Morgan fingerprint density at radius 1 is 1.82 bits per heavy atom. The molecule has 1 aliphatic rings. The van der Waals surface area contributed by atoms with Gasteiger partial charge in [-0.05, 0) is 19.1 Å². The number of hydrogen-bond donors (Lipinski definition) is 3. The maximum Gasteiger partial charge on any atom is 0.264 e. The van der Waals surface area contributed by atoms with Crippen molar-refractivity contribution in [2.45, 2.75) is 12.5 Å². The molecule has 0 bridgehead atoms. The molecule has 4 nitrogen and oxygen atoms in total. The third-order valence-electron chi connectivity index (χ3n) is 1.36. The number of carbonyl (C=O) groups is 1. The Morgan fingerprint density at radius 3 is 2.82 bits per heavy atom. The van der Waals surface area contributed by atoms with E-state index in [1.54, 1.807) is 6.92 Å². The SMILES string of the molecule is CC1(O)C=CNC(C(N)=O)=C1. The van der Waals surface area contributed by atoms with E-state index in [2.05, 4.69) is 5.32 Å². The average Bonchev–Trinajstić information content (AvgIpc) is 1.85. The molecule has 1 heterocycles. The molecule has 0 aliphatic carbocycles. The molecule has 11 heavy (non-hydrogen) atoms. The molecule has 0 saturated carbocycles. The van der Waals surface area contributed by atoms with Gasteiger partial charge in [-0.15, -0.1) is 0 Å². The Kier molecular flexibility index (Phi) is 1.70. The van der Waals surface area contributed by atoms with Crippen LogP contribution in [0.2, 0.25) is 0 Å². The lowest BCUT2D eigenvalue weighted by Crippen LogP contribution is -2.31. The van der Waals surface area contributed by atoms with Crippen molar-refractivity contribution in [3.8, 4) is 0 Å². The van der Waals surface area contributed by atoms with Crippen LogP contribution in [0.5, 0.6) is 0 Å². The molecule has 1 rings (SSSR count). The summed E-state index contributed by atoms with van der Waals surface area (Å²) >= 11 is 0. The van der Waals surface area contributed by atoms with Crippen LogP contribution in [0.25, 0.3) is 0 Å². The Bertz CT molecular complexity index is 241. The lowest BCUT2D eigenvalue weighted by molar-refractivity contribution is -0.115. The van der Waals surface area contributed by atoms with E-state index in [1.165, 1.54) is 18.4 Å². The Balaban J connectivity index is 2.86. The second-order valence-corrected chi connectivity index (χ2v) is 2.63. The molecule has 0 spiro atoms. The van der Waals surface area contributed by atoms with Crippen molar-refractivity contribution in [3.05, 3.63) is 24.0 Å². The summed E-state index contributed by atoms with van der Waals surface area (Å²) in [5, 5.41) is 12.0. The van der Waals surface area contributed by atoms with E-state index < -0.39 is 11.5 Å². The molecule has 1 amide bonds. The lowest BCUT2D eigenvalue weighted by Gasteiger charge is -2.19. The highest BCUT2D eigenvalue weighted by Gasteiger charge is 2.19. The molecule has 0 radical (unpaired) electrons. The zero-order valence-electron chi connectivity index (χ0n) is 6.16. The van der Waals surface area contributed by atoms with Gasteiger partial charge < -0.3 is 16.2 Å². The molecule has 0 saturated heterocycles. The number of carbonyl (C=O) groups excluding carboxylic acids is 1. The zero-order chi connectivity index (χ0) is 8.48. The van der Waals surface area contributed by atoms with E-state index in [0.29, 0.717) is 0 Å². The molecule has 4 heteroatoms. The van der Waals surface area contributed by atoms with Crippen LogP contribution in [0.15, 0.2) is 24.0 Å². The van der Waals surface area contributed by atoms with Crippen LogP contribution >= 0.6 is 0 Å². The standard InChI is InChI=1S/C7H10N2O2/c1-7(11)2-3-9-5(4-7)6(8)10/h2-4,9,11H,1H3,(H2,8,10). The number of aliphatic hydroxyl groups is 1. The van der Waals surface area contributed by atoms with Gasteiger partial charge in [0.1, 0.15) is 11.3 Å². The second-order valence-electron chi connectivity index (χ2n) is 2.63. The molecule has 60 valence electrons. The summed E-state index contributed by atoms with van der Waals surface area (Å²) in [6, 6.07) is 0. The van der Waals surface area contributed by atoms with Crippen LogP contribution in [0.4, 0.5) is 0 Å². The van der Waals surface area contributed by atoms with E-state index in [9.17, 15) is 9.90 Å². The van der Waals surface area contributed by atoms with E-state index in [-0.39, 0.29) is 5.70 Å². The van der Waals surface area contributed by atoms with Gasteiger partial charge in [0.25, 0.3) is 5.91 Å². The van der Waals surface area contributed by atoms with Gasteiger partial charge in [-0.3, -0.25) is 4.79 Å². The fraction of sp³-hybridized carbons (Fsp3) is 0.286. The van der Waals surface area contributed by atoms with E-state index in [1.807, 2.05) is 0 Å². The number of nitrogens with one attached hydrogen (secondary N) is 1. The highest BCUT2D eigenvalue weighted by Crippen LogP contribution is 2.12. The second kappa shape index (κ2) is 2.39. The van der Waals surface area contributed by atoms with Gasteiger partial charge in [0.05, 0.1) is 0 Å². The third kappa shape index (κ3) is 1.81. The molecule has 0 aromatic rings. The van der Waals surface area contributed by atoms with Crippen molar-refractivity contribution in [2.24, 2.45) is 5.73 Å². The summed E-state index contributed by atoms with van der Waals surface area (Å²) in [6.45, 7) is 1.56. The molecular formula is C7H10N2O2. The molecule has 0 aromatic carbocycles. The normalized spacial score (nSPS) is 29.1. The molecule has 1 aliphatic heterocycles. The van der Waals surface area contributed by atoms with Crippen molar-refractivity contribution in [1.29, 1.82) is 0 Å². The number of rotatable bonds is 1. The Morgan fingerprint density at radius 2 is 2.45 bits per heavy atom. The largest absolute Gasteiger partial charge is 0.382 e. The lowest BCUT2D eigenvalue weighted by atomic mass is 10.0.